The van der Waals surface area contributed by atoms with Crippen molar-refractivity contribution in [3.05, 3.63) is 35.4 Å². The molecule has 10 rings (SSSR count). The quantitative estimate of drug-likeness (QED) is 0.0739. The fourth-order valence-corrected chi connectivity index (χ4v) is 16.9. The Balaban J connectivity index is 0.000000225. The summed E-state index contributed by atoms with van der Waals surface area (Å²) in [7, 11) is 0. The van der Waals surface area contributed by atoms with E-state index >= 15 is 17.6 Å². The standard InChI is InChI=1S/C33H50F2O.C29H50F2O.2H2/c1-4-6-8-10-15-30(3)33(36-30)28(34)23-26(24-29(33)35)25-11-13-27(14-12-25)32-20-17-31(18-21-32,19-22-32)16-9-7-5-2;1-4-6-7-8-18-28(3)29(32-28)26(30)19-25(20-27(29)31)24-16-14-23(15-17-24)22-12-10-21(9-5-2)11-13-22;;/h11-14,26,28-29H,4-10,15-24H2,1-3H3;21-27H,4-20H2,1-3H3;2*1H. The molecule has 6 atom stereocenters. The van der Waals surface area contributed by atoms with Gasteiger partial charge in [0.05, 0.1) is 0 Å². The first-order valence-electron chi connectivity index (χ1n) is 29.8. The van der Waals surface area contributed by atoms with Gasteiger partial charge in [-0.05, 0) is 193 Å². The van der Waals surface area contributed by atoms with Gasteiger partial charge in [0.25, 0.3) is 0 Å². The highest BCUT2D eigenvalue weighted by Gasteiger charge is 2.77. The number of epoxide rings is 2. The minimum absolute atomic E-state index is 0. The van der Waals surface area contributed by atoms with E-state index in [1.54, 1.807) is 0 Å². The summed E-state index contributed by atoms with van der Waals surface area (Å²) in [5, 5.41) is 0. The SMILES string of the molecule is CCCCCCC1(C)OC12C(F)CC(C1CCC(C3CCC(CCC)CC3)CC1)CC2F.CCCCCCC1(C)OC12C(F)CC(c1ccc(C34CCC(CCCCC)(CC3)CC4)cc1)CC2F.[HH].[HH]. The Bertz CT molecular complexity index is 1660. The molecule has 0 N–H and O–H groups in total. The van der Waals surface area contributed by atoms with E-state index in [2.05, 4.69) is 52.0 Å². The van der Waals surface area contributed by atoms with E-state index in [-0.39, 0.29) is 14.7 Å². The van der Waals surface area contributed by atoms with Crippen LogP contribution >= 0.6 is 0 Å². The minimum Gasteiger partial charge on any atom is -0.356 e. The molecule has 1 aromatic carbocycles. The Morgan fingerprint density at radius 2 is 0.882 bits per heavy atom. The Labute approximate surface area is 417 Å². The lowest BCUT2D eigenvalue weighted by atomic mass is 9.51. The molecule has 0 radical (unpaired) electrons. The molecule has 0 aromatic heterocycles. The zero-order chi connectivity index (χ0) is 48.2. The van der Waals surface area contributed by atoms with Gasteiger partial charge in [0.15, 0.2) is 11.2 Å². The summed E-state index contributed by atoms with van der Waals surface area (Å²) in [5.74, 6) is 3.49. The first kappa shape index (κ1) is 53.2. The third kappa shape index (κ3) is 10.8. The Morgan fingerprint density at radius 1 is 0.471 bits per heavy atom. The highest BCUT2D eigenvalue weighted by atomic mass is 19.2. The molecule has 2 saturated heterocycles. The summed E-state index contributed by atoms with van der Waals surface area (Å²) in [6.45, 7) is 12.9. The van der Waals surface area contributed by atoms with Gasteiger partial charge in [-0.15, -0.1) is 0 Å². The van der Waals surface area contributed by atoms with Crippen LogP contribution < -0.4 is 0 Å². The number of ether oxygens (including phenoxy) is 2. The van der Waals surface area contributed by atoms with Crippen molar-refractivity contribution in [3.8, 4) is 0 Å². The molecule has 2 spiro atoms. The maximum Gasteiger partial charge on any atom is 0.159 e. The second-order valence-electron chi connectivity index (χ2n) is 25.7. The largest absolute Gasteiger partial charge is 0.356 e. The lowest BCUT2D eigenvalue weighted by molar-refractivity contribution is -0.0107. The molecular formula is C62H104F4O2. The summed E-state index contributed by atoms with van der Waals surface area (Å²) in [6, 6.07) is 9.01. The van der Waals surface area contributed by atoms with Crippen LogP contribution in [0.5, 0.6) is 0 Å². The van der Waals surface area contributed by atoms with Gasteiger partial charge in [-0.2, -0.15) is 0 Å². The van der Waals surface area contributed by atoms with Gasteiger partial charge in [0.2, 0.25) is 0 Å². The molecule has 9 aliphatic rings. The maximum atomic E-state index is 15.6. The van der Waals surface area contributed by atoms with E-state index in [9.17, 15) is 0 Å². The number of rotatable bonds is 20. The molecular weight excluding hydrogens is 853 g/mol. The van der Waals surface area contributed by atoms with Crippen LogP contribution in [0.3, 0.4) is 0 Å². The molecule has 6 heteroatoms. The average molecular weight is 958 g/mol. The van der Waals surface area contributed by atoms with Crippen molar-refractivity contribution in [2.75, 3.05) is 0 Å². The second kappa shape index (κ2) is 22.5. The molecule has 0 amide bonds. The second-order valence-corrected chi connectivity index (χ2v) is 25.7. The molecule has 7 saturated carbocycles. The lowest BCUT2D eigenvalue weighted by Crippen LogP contribution is -2.49. The van der Waals surface area contributed by atoms with Crippen LogP contribution in [-0.2, 0) is 14.9 Å². The van der Waals surface area contributed by atoms with Gasteiger partial charge in [-0.25, -0.2) is 17.6 Å². The average Bonchev–Trinajstić information content (AvgIpc) is 4.20. The number of benzene rings is 1. The fourth-order valence-electron chi connectivity index (χ4n) is 16.9. The van der Waals surface area contributed by atoms with E-state index < -0.39 is 47.1 Å². The van der Waals surface area contributed by atoms with Crippen LogP contribution in [0.2, 0.25) is 0 Å². The lowest BCUT2D eigenvalue weighted by Gasteiger charge is -2.54. The monoisotopic (exact) mass is 957 g/mol. The number of hydrogen-bond donors (Lipinski definition) is 0. The zero-order valence-corrected chi connectivity index (χ0v) is 44.5. The number of fused-ring (bicyclic) bond motifs is 3. The molecule has 6 unspecified atom stereocenters. The molecule has 1 aromatic rings. The smallest absolute Gasteiger partial charge is 0.159 e. The minimum atomic E-state index is -1.22. The Kier molecular flexibility index (Phi) is 17.6. The summed E-state index contributed by atoms with van der Waals surface area (Å²) in [5.41, 5.74) is 0.0395. The molecule has 2 heterocycles. The van der Waals surface area contributed by atoms with Gasteiger partial charge in [0.1, 0.15) is 35.9 Å². The van der Waals surface area contributed by atoms with Crippen molar-refractivity contribution in [2.24, 2.45) is 35.0 Å². The van der Waals surface area contributed by atoms with Crippen molar-refractivity contribution in [2.45, 2.75) is 318 Å². The number of hydrogen-bond acceptors (Lipinski definition) is 2. The van der Waals surface area contributed by atoms with Gasteiger partial charge < -0.3 is 9.47 Å². The normalized spacial score (nSPS) is 44.1. The molecule has 9 fully saturated rings. The maximum absolute atomic E-state index is 15.6. The molecule has 68 heavy (non-hydrogen) atoms. The molecule has 392 valence electrons. The van der Waals surface area contributed by atoms with Crippen LogP contribution in [0.25, 0.3) is 0 Å². The Hall–Kier alpha value is -1.14. The van der Waals surface area contributed by atoms with Crippen LogP contribution in [-0.4, -0.2) is 47.1 Å². The highest BCUT2D eigenvalue weighted by molar-refractivity contribution is 5.35. The summed E-state index contributed by atoms with van der Waals surface area (Å²) in [4.78, 5) is 0. The predicted octanol–water partition coefficient (Wildman–Crippen LogP) is 19.4. The summed E-state index contributed by atoms with van der Waals surface area (Å²) < 4.78 is 73.9. The molecule has 7 aliphatic carbocycles. The van der Waals surface area contributed by atoms with E-state index in [0.717, 1.165) is 61.8 Å². The van der Waals surface area contributed by atoms with E-state index in [0.29, 0.717) is 42.4 Å². The molecule has 2 nitrogen and oxygen atoms in total. The first-order valence-corrected chi connectivity index (χ1v) is 29.8. The molecule has 2 aliphatic heterocycles. The van der Waals surface area contributed by atoms with Crippen LogP contribution in [0.4, 0.5) is 17.6 Å². The van der Waals surface area contributed by atoms with Crippen molar-refractivity contribution in [1.29, 1.82) is 0 Å². The zero-order valence-electron chi connectivity index (χ0n) is 44.5. The third-order valence-electron chi connectivity index (χ3n) is 21.7. The van der Waals surface area contributed by atoms with Crippen molar-refractivity contribution >= 4 is 0 Å². The van der Waals surface area contributed by atoms with Crippen molar-refractivity contribution in [1.82, 2.24) is 0 Å². The van der Waals surface area contributed by atoms with E-state index in [1.807, 2.05) is 13.8 Å². The van der Waals surface area contributed by atoms with E-state index in [4.69, 9.17) is 9.47 Å². The van der Waals surface area contributed by atoms with Crippen molar-refractivity contribution < 1.29 is 29.9 Å². The van der Waals surface area contributed by atoms with Gasteiger partial charge >= 0.3 is 0 Å². The van der Waals surface area contributed by atoms with Crippen LogP contribution in [0, 0.1) is 35.0 Å². The third-order valence-corrected chi connectivity index (χ3v) is 21.7. The molecule has 2 bridgehead atoms. The summed E-state index contributed by atoms with van der Waals surface area (Å²) >= 11 is 0. The van der Waals surface area contributed by atoms with Gasteiger partial charge in [0, 0.05) is 2.85 Å². The number of halogens is 4. The van der Waals surface area contributed by atoms with Gasteiger partial charge in [-0.1, -0.05) is 148 Å². The van der Waals surface area contributed by atoms with Crippen LogP contribution in [0.1, 0.15) is 280 Å². The summed E-state index contributed by atoms with van der Waals surface area (Å²) in [6.07, 6.45) is 34.8. The highest BCUT2D eigenvalue weighted by Crippen LogP contribution is 2.65. The Morgan fingerprint density at radius 3 is 1.34 bits per heavy atom. The topological polar surface area (TPSA) is 25.1 Å². The van der Waals surface area contributed by atoms with E-state index in [1.165, 1.54) is 160 Å². The number of unbranched alkanes of at least 4 members (excludes halogenated alkanes) is 8. The first-order chi connectivity index (χ1) is 32.8. The van der Waals surface area contributed by atoms with Crippen LogP contribution in [0.15, 0.2) is 24.3 Å². The number of alkyl halides is 4. The van der Waals surface area contributed by atoms with Gasteiger partial charge in [-0.3, -0.25) is 0 Å². The van der Waals surface area contributed by atoms with Crippen molar-refractivity contribution in [3.63, 3.8) is 0 Å². The fraction of sp³-hybridized carbons (Fsp3) is 0.903. The predicted molar refractivity (Wildman–Crippen MR) is 279 cm³/mol.